The normalized spacial score (nSPS) is 14.4. The molecule has 0 amide bonds. The first kappa shape index (κ1) is 10.3. The summed E-state index contributed by atoms with van der Waals surface area (Å²) < 4.78 is 6.20. The lowest BCUT2D eigenvalue weighted by Crippen LogP contribution is -1.87. The summed E-state index contributed by atoms with van der Waals surface area (Å²) in [5.41, 5.74) is 4.60. The van der Waals surface area contributed by atoms with E-state index in [0.717, 1.165) is 29.7 Å². The standard InChI is InChI=1S/C18H13NO/c1-3-7-14-13(6-1)17-15(19-14)10-9-12-11-5-2-4-8-16(11)20-18(12)17/h1-3,5-7,9-10,19H,4,8H2. The van der Waals surface area contributed by atoms with Crippen molar-refractivity contribution in [2.45, 2.75) is 12.8 Å². The molecule has 0 aliphatic heterocycles. The fraction of sp³-hybridized carbons (Fsp3) is 0.111. The topological polar surface area (TPSA) is 28.9 Å². The third-order valence-corrected chi connectivity index (χ3v) is 4.26. The van der Waals surface area contributed by atoms with Crippen LogP contribution in [0, 0.1) is 0 Å². The number of allylic oxidation sites excluding steroid dienone is 1. The Balaban J connectivity index is 2.05. The highest BCUT2D eigenvalue weighted by Crippen LogP contribution is 2.38. The van der Waals surface area contributed by atoms with Crippen LogP contribution in [0.1, 0.15) is 17.7 Å². The molecule has 2 nitrogen and oxygen atoms in total. The molecule has 0 fully saturated rings. The van der Waals surface area contributed by atoms with Crippen LogP contribution in [-0.2, 0) is 6.42 Å². The van der Waals surface area contributed by atoms with Crippen LogP contribution in [0.3, 0.4) is 0 Å². The van der Waals surface area contributed by atoms with Crippen molar-refractivity contribution in [3.8, 4) is 0 Å². The van der Waals surface area contributed by atoms with E-state index in [4.69, 9.17) is 4.42 Å². The number of para-hydroxylation sites is 1. The van der Waals surface area contributed by atoms with Gasteiger partial charge in [0, 0.05) is 28.3 Å². The summed E-state index contributed by atoms with van der Waals surface area (Å²) in [6, 6.07) is 12.7. The molecule has 0 saturated heterocycles. The van der Waals surface area contributed by atoms with Crippen molar-refractivity contribution in [1.82, 2.24) is 4.98 Å². The van der Waals surface area contributed by atoms with E-state index in [9.17, 15) is 0 Å². The minimum Gasteiger partial charge on any atom is -0.460 e. The summed E-state index contributed by atoms with van der Waals surface area (Å²) in [5, 5.41) is 3.68. The number of hydrogen-bond donors (Lipinski definition) is 1. The molecule has 0 atom stereocenters. The summed E-state index contributed by atoms with van der Waals surface area (Å²) in [6.45, 7) is 0. The number of benzene rings is 2. The Morgan fingerprint density at radius 3 is 2.90 bits per heavy atom. The molecule has 2 heteroatoms. The number of nitrogens with one attached hydrogen (secondary N) is 1. The lowest BCUT2D eigenvalue weighted by Gasteiger charge is -2.01. The minimum atomic E-state index is 1.00. The molecule has 0 unspecified atom stereocenters. The molecule has 0 radical (unpaired) electrons. The Labute approximate surface area is 115 Å². The Morgan fingerprint density at radius 1 is 0.950 bits per heavy atom. The highest BCUT2D eigenvalue weighted by atomic mass is 16.3. The largest absolute Gasteiger partial charge is 0.460 e. The van der Waals surface area contributed by atoms with Gasteiger partial charge in [0.2, 0.25) is 0 Å². The number of aryl methyl sites for hydroxylation is 1. The van der Waals surface area contributed by atoms with Crippen molar-refractivity contribution in [2.24, 2.45) is 0 Å². The van der Waals surface area contributed by atoms with Crippen LogP contribution in [0.15, 0.2) is 46.9 Å². The maximum absolute atomic E-state index is 6.20. The lowest BCUT2D eigenvalue weighted by atomic mass is 10.0. The molecule has 2 aromatic carbocycles. The molecule has 1 aliphatic carbocycles. The second-order valence-corrected chi connectivity index (χ2v) is 5.42. The molecule has 20 heavy (non-hydrogen) atoms. The van der Waals surface area contributed by atoms with Crippen molar-refractivity contribution in [3.63, 3.8) is 0 Å². The van der Waals surface area contributed by atoms with Crippen LogP contribution in [0.25, 0.3) is 38.9 Å². The number of aromatic nitrogens is 1. The Morgan fingerprint density at radius 2 is 1.90 bits per heavy atom. The van der Waals surface area contributed by atoms with Gasteiger partial charge in [-0.3, -0.25) is 0 Å². The average Bonchev–Trinajstić information content (AvgIpc) is 3.04. The van der Waals surface area contributed by atoms with Gasteiger partial charge >= 0.3 is 0 Å². The zero-order valence-electron chi connectivity index (χ0n) is 10.9. The number of aromatic amines is 1. The quantitative estimate of drug-likeness (QED) is 0.471. The highest BCUT2D eigenvalue weighted by Gasteiger charge is 2.18. The number of H-pyrrole nitrogens is 1. The van der Waals surface area contributed by atoms with Crippen LogP contribution in [0.5, 0.6) is 0 Å². The van der Waals surface area contributed by atoms with Gasteiger partial charge in [-0.2, -0.15) is 0 Å². The summed E-state index contributed by atoms with van der Waals surface area (Å²) in [7, 11) is 0. The van der Waals surface area contributed by atoms with E-state index in [1.165, 1.54) is 27.2 Å². The van der Waals surface area contributed by atoms with Crippen molar-refractivity contribution >= 4 is 38.9 Å². The molecule has 5 rings (SSSR count). The van der Waals surface area contributed by atoms with E-state index >= 15 is 0 Å². The number of rotatable bonds is 0. The summed E-state index contributed by atoms with van der Waals surface area (Å²) >= 11 is 0. The number of furan rings is 1. The van der Waals surface area contributed by atoms with Gasteiger partial charge in [0.25, 0.3) is 0 Å². The Kier molecular flexibility index (Phi) is 1.83. The molecule has 96 valence electrons. The molecule has 0 saturated carbocycles. The number of hydrogen-bond acceptors (Lipinski definition) is 1. The van der Waals surface area contributed by atoms with Gasteiger partial charge in [-0.25, -0.2) is 0 Å². The fourth-order valence-corrected chi connectivity index (χ4v) is 3.34. The van der Waals surface area contributed by atoms with Gasteiger partial charge in [-0.05, 0) is 24.6 Å². The summed E-state index contributed by atoms with van der Waals surface area (Å²) in [5.74, 6) is 1.13. The van der Waals surface area contributed by atoms with Crippen LogP contribution < -0.4 is 0 Å². The molecule has 0 spiro atoms. The van der Waals surface area contributed by atoms with Crippen LogP contribution in [0.2, 0.25) is 0 Å². The fourth-order valence-electron chi connectivity index (χ4n) is 3.34. The van der Waals surface area contributed by atoms with Crippen LogP contribution in [0.4, 0.5) is 0 Å². The van der Waals surface area contributed by atoms with Crippen molar-refractivity contribution in [2.75, 3.05) is 0 Å². The van der Waals surface area contributed by atoms with E-state index in [1.54, 1.807) is 0 Å². The third-order valence-electron chi connectivity index (χ3n) is 4.26. The SMILES string of the molecule is C1=Cc2c(oc3c2ccc2[nH]c4ccccc4c23)CC1. The third kappa shape index (κ3) is 1.19. The zero-order chi connectivity index (χ0) is 13.1. The van der Waals surface area contributed by atoms with Gasteiger partial charge in [0.05, 0.1) is 10.9 Å². The predicted molar refractivity (Wildman–Crippen MR) is 82.9 cm³/mol. The van der Waals surface area contributed by atoms with Gasteiger partial charge < -0.3 is 9.40 Å². The van der Waals surface area contributed by atoms with Crippen molar-refractivity contribution in [3.05, 3.63) is 53.8 Å². The van der Waals surface area contributed by atoms with E-state index in [1.807, 2.05) is 0 Å². The van der Waals surface area contributed by atoms with Crippen LogP contribution in [-0.4, -0.2) is 4.98 Å². The predicted octanol–water partition coefficient (Wildman–Crippen LogP) is 5.03. The Hall–Kier alpha value is -2.48. The van der Waals surface area contributed by atoms with E-state index in [2.05, 4.69) is 53.5 Å². The van der Waals surface area contributed by atoms with Gasteiger partial charge in [0.1, 0.15) is 11.3 Å². The smallest absolute Gasteiger partial charge is 0.144 e. The summed E-state index contributed by atoms with van der Waals surface area (Å²) in [4.78, 5) is 3.47. The molecule has 2 aromatic heterocycles. The molecule has 1 N–H and O–H groups in total. The second kappa shape index (κ2) is 3.54. The monoisotopic (exact) mass is 259 g/mol. The molecule has 0 bridgehead atoms. The van der Waals surface area contributed by atoms with Crippen molar-refractivity contribution in [1.29, 1.82) is 0 Å². The highest BCUT2D eigenvalue weighted by molar-refractivity contribution is 6.19. The Bertz CT molecular complexity index is 1000. The molecular formula is C18H13NO. The minimum absolute atomic E-state index is 1.00. The lowest BCUT2D eigenvalue weighted by molar-refractivity contribution is 0.549. The van der Waals surface area contributed by atoms with Crippen molar-refractivity contribution < 1.29 is 4.42 Å². The molecule has 1 aliphatic rings. The van der Waals surface area contributed by atoms with Gasteiger partial charge in [-0.15, -0.1) is 0 Å². The maximum Gasteiger partial charge on any atom is 0.144 e. The average molecular weight is 259 g/mol. The molecule has 2 heterocycles. The summed E-state index contributed by atoms with van der Waals surface area (Å²) in [6.07, 6.45) is 6.51. The number of fused-ring (bicyclic) bond motifs is 7. The zero-order valence-corrected chi connectivity index (χ0v) is 10.9. The molecular weight excluding hydrogens is 246 g/mol. The second-order valence-electron chi connectivity index (χ2n) is 5.42. The van der Waals surface area contributed by atoms with Gasteiger partial charge in [-0.1, -0.05) is 30.4 Å². The van der Waals surface area contributed by atoms with Crippen LogP contribution >= 0.6 is 0 Å². The maximum atomic E-state index is 6.20. The van der Waals surface area contributed by atoms with E-state index in [-0.39, 0.29) is 0 Å². The first-order valence-electron chi connectivity index (χ1n) is 7.03. The first-order valence-corrected chi connectivity index (χ1v) is 7.03. The molecule has 4 aromatic rings. The van der Waals surface area contributed by atoms with Gasteiger partial charge in [0.15, 0.2) is 0 Å². The van der Waals surface area contributed by atoms with E-state index < -0.39 is 0 Å². The first-order chi connectivity index (χ1) is 9.92. The van der Waals surface area contributed by atoms with E-state index in [0.29, 0.717) is 0 Å².